The van der Waals surface area contributed by atoms with E-state index in [1.165, 1.54) is 18.2 Å². The Labute approximate surface area is 137 Å². The molecule has 128 valence electrons. The van der Waals surface area contributed by atoms with Gasteiger partial charge in [-0.05, 0) is 32.1 Å². The van der Waals surface area contributed by atoms with Crippen molar-refractivity contribution in [2.45, 2.75) is 32.7 Å². The topological polar surface area (TPSA) is 101 Å². The molecule has 0 aliphatic carbocycles. The summed E-state index contributed by atoms with van der Waals surface area (Å²) in [5.74, 6) is -0.177. The fourth-order valence-corrected chi connectivity index (χ4v) is 2.80. The maximum absolute atomic E-state index is 11.2. The number of carbonyl (C=O) groups excluding carboxylic acids is 1. The van der Waals surface area contributed by atoms with Crippen molar-refractivity contribution in [3.05, 3.63) is 33.9 Å². The summed E-state index contributed by atoms with van der Waals surface area (Å²) >= 11 is 0. The third-order valence-electron chi connectivity index (χ3n) is 4.24. The van der Waals surface area contributed by atoms with Crippen LogP contribution >= 0.6 is 0 Å². The molecule has 0 radical (unpaired) electrons. The van der Waals surface area contributed by atoms with Gasteiger partial charge in [0.1, 0.15) is 5.69 Å². The first-order chi connectivity index (χ1) is 10.8. The molecule has 0 aliphatic heterocycles. The van der Waals surface area contributed by atoms with Crippen molar-refractivity contribution in [3.8, 4) is 0 Å². The summed E-state index contributed by atoms with van der Waals surface area (Å²) in [6, 6.07) is 4.52. The van der Waals surface area contributed by atoms with Crippen molar-refractivity contribution in [2.75, 3.05) is 26.0 Å². The Morgan fingerprint density at radius 1 is 1.35 bits per heavy atom. The molecule has 23 heavy (non-hydrogen) atoms. The Kier molecular flexibility index (Phi) is 6.96. The summed E-state index contributed by atoms with van der Waals surface area (Å²) in [6.45, 7) is 4.89. The van der Waals surface area contributed by atoms with E-state index < -0.39 is 10.8 Å². The van der Waals surface area contributed by atoms with Gasteiger partial charge in [0.25, 0.3) is 5.69 Å². The van der Waals surface area contributed by atoms with Gasteiger partial charge in [-0.25, -0.2) is 0 Å². The van der Waals surface area contributed by atoms with E-state index >= 15 is 0 Å². The number of nitro groups is 1. The number of nitrogens with two attached hydrogens (primary N) is 1. The van der Waals surface area contributed by atoms with Crippen LogP contribution in [0.4, 0.5) is 11.4 Å². The van der Waals surface area contributed by atoms with Crippen molar-refractivity contribution in [3.63, 3.8) is 0 Å². The summed E-state index contributed by atoms with van der Waals surface area (Å²) in [5.41, 5.74) is 5.58. The van der Waals surface area contributed by atoms with E-state index in [4.69, 9.17) is 5.73 Å². The average Bonchev–Trinajstić information content (AvgIpc) is 2.50. The van der Waals surface area contributed by atoms with Crippen LogP contribution in [0.2, 0.25) is 0 Å². The summed E-state index contributed by atoms with van der Waals surface area (Å²) in [7, 11) is 4.02. The lowest BCUT2D eigenvalue weighted by atomic mass is 9.93. The minimum Gasteiger partial charge on any atom is -0.378 e. The SMILES string of the molecule is CCC(CC)C(CNc1ccc(C(N)=O)cc1[N+](=O)[O-])N(C)C. The second-order valence-corrected chi connectivity index (χ2v) is 5.84. The highest BCUT2D eigenvalue weighted by Crippen LogP contribution is 2.26. The summed E-state index contributed by atoms with van der Waals surface area (Å²) in [6.07, 6.45) is 2.09. The maximum Gasteiger partial charge on any atom is 0.293 e. The van der Waals surface area contributed by atoms with Crippen LogP contribution in [0.15, 0.2) is 18.2 Å². The molecule has 3 N–H and O–H groups in total. The molecule has 0 saturated heterocycles. The normalized spacial score (nSPS) is 12.4. The van der Waals surface area contributed by atoms with Gasteiger partial charge < -0.3 is 16.0 Å². The summed E-state index contributed by atoms with van der Waals surface area (Å²) < 4.78 is 0. The zero-order valence-corrected chi connectivity index (χ0v) is 14.2. The number of carbonyl (C=O) groups is 1. The highest BCUT2D eigenvalue weighted by molar-refractivity contribution is 5.94. The minimum atomic E-state index is -0.678. The molecule has 0 fully saturated rings. The molecule has 1 atom stereocenters. The van der Waals surface area contributed by atoms with Crippen LogP contribution in [-0.2, 0) is 0 Å². The second kappa shape index (κ2) is 8.47. The lowest BCUT2D eigenvalue weighted by molar-refractivity contribution is -0.384. The van der Waals surface area contributed by atoms with Crippen LogP contribution in [0.1, 0.15) is 37.0 Å². The zero-order valence-electron chi connectivity index (χ0n) is 14.2. The Balaban J connectivity index is 2.99. The number of anilines is 1. The molecule has 0 bridgehead atoms. The second-order valence-electron chi connectivity index (χ2n) is 5.84. The zero-order chi connectivity index (χ0) is 17.6. The lowest BCUT2D eigenvalue weighted by Gasteiger charge is -2.31. The van der Waals surface area contributed by atoms with E-state index in [9.17, 15) is 14.9 Å². The number of likely N-dealkylation sites (N-methyl/N-ethyl adjacent to an activating group) is 1. The largest absolute Gasteiger partial charge is 0.378 e. The highest BCUT2D eigenvalue weighted by atomic mass is 16.6. The first-order valence-corrected chi connectivity index (χ1v) is 7.80. The van der Waals surface area contributed by atoms with Gasteiger partial charge in [0, 0.05) is 24.2 Å². The predicted octanol–water partition coefficient (Wildman–Crippen LogP) is 2.47. The van der Waals surface area contributed by atoms with E-state index in [0.717, 1.165) is 12.8 Å². The molecule has 1 aromatic carbocycles. The van der Waals surface area contributed by atoms with Crippen molar-refractivity contribution >= 4 is 17.3 Å². The van der Waals surface area contributed by atoms with E-state index in [1.807, 2.05) is 14.1 Å². The molecule has 0 heterocycles. The molecule has 1 aromatic rings. The first-order valence-electron chi connectivity index (χ1n) is 7.80. The number of hydrogen-bond donors (Lipinski definition) is 2. The molecular formula is C16H26N4O3. The number of rotatable bonds is 9. The third kappa shape index (κ3) is 4.92. The minimum absolute atomic E-state index is 0.131. The monoisotopic (exact) mass is 322 g/mol. The van der Waals surface area contributed by atoms with Crippen molar-refractivity contribution in [2.24, 2.45) is 11.7 Å². The Morgan fingerprint density at radius 3 is 2.39 bits per heavy atom. The standard InChI is InChI=1S/C16H26N4O3/c1-5-11(6-2)15(19(3)4)10-18-13-8-7-12(16(17)21)9-14(13)20(22)23/h7-9,11,15,18H,5-6,10H2,1-4H3,(H2,17,21). The van der Waals surface area contributed by atoms with Gasteiger partial charge in [-0.1, -0.05) is 26.7 Å². The molecule has 7 nitrogen and oxygen atoms in total. The van der Waals surface area contributed by atoms with Crippen LogP contribution in [0.5, 0.6) is 0 Å². The van der Waals surface area contributed by atoms with Gasteiger partial charge in [-0.3, -0.25) is 14.9 Å². The fraction of sp³-hybridized carbons (Fsp3) is 0.562. The van der Waals surface area contributed by atoms with Crippen LogP contribution in [0.25, 0.3) is 0 Å². The van der Waals surface area contributed by atoms with E-state index in [0.29, 0.717) is 18.2 Å². The van der Waals surface area contributed by atoms with E-state index in [-0.39, 0.29) is 17.3 Å². The summed E-state index contributed by atoms with van der Waals surface area (Å²) in [5, 5.41) is 14.4. The third-order valence-corrected chi connectivity index (χ3v) is 4.24. The van der Waals surface area contributed by atoms with Gasteiger partial charge >= 0.3 is 0 Å². The fourth-order valence-electron chi connectivity index (χ4n) is 2.80. The van der Waals surface area contributed by atoms with E-state index in [1.54, 1.807) is 0 Å². The van der Waals surface area contributed by atoms with Gasteiger partial charge in [0.05, 0.1) is 4.92 Å². The number of nitrogens with one attached hydrogen (secondary N) is 1. The number of nitro benzene ring substituents is 1. The maximum atomic E-state index is 11.2. The Morgan fingerprint density at radius 2 is 1.96 bits per heavy atom. The number of benzene rings is 1. The predicted molar refractivity (Wildman–Crippen MR) is 91.7 cm³/mol. The van der Waals surface area contributed by atoms with Crippen LogP contribution in [0, 0.1) is 16.0 Å². The highest BCUT2D eigenvalue weighted by Gasteiger charge is 2.22. The van der Waals surface area contributed by atoms with Gasteiger partial charge in [-0.2, -0.15) is 0 Å². The number of hydrogen-bond acceptors (Lipinski definition) is 5. The van der Waals surface area contributed by atoms with Gasteiger partial charge in [0.15, 0.2) is 0 Å². The van der Waals surface area contributed by atoms with Gasteiger partial charge in [-0.15, -0.1) is 0 Å². The number of primary amides is 1. The van der Waals surface area contributed by atoms with Gasteiger partial charge in [0.2, 0.25) is 5.91 Å². The lowest BCUT2D eigenvalue weighted by Crippen LogP contribution is -2.40. The Bertz CT molecular complexity index is 556. The average molecular weight is 322 g/mol. The van der Waals surface area contributed by atoms with Crippen molar-refractivity contribution in [1.29, 1.82) is 0 Å². The molecule has 1 amide bonds. The molecule has 1 unspecified atom stereocenters. The molecular weight excluding hydrogens is 296 g/mol. The number of amides is 1. The quantitative estimate of drug-likeness (QED) is 0.537. The first kappa shape index (κ1) is 18.9. The van der Waals surface area contributed by atoms with Crippen LogP contribution in [-0.4, -0.2) is 42.4 Å². The molecule has 0 spiro atoms. The molecule has 1 rings (SSSR count). The van der Waals surface area contributed by atoms with Crippen molar-refractivity contribution < 1.29 is 9.72 Å². The number of nitrogens with zero attached hydrogens (tertiary/aromatic N) is 2. The molecule has 0 aromatic heterocycles. The van der Waals surface area contributed by atoms with E-state index in [2.05, 4.69) is 24.1 Å². The summed E-state index contributed by atoms with van der Waals surface area (Å²) in [4.78, 5) is 24.0. The smallest absolute Gasteiger partial charge is 0.293 e. The Hall–Kier alpha value is -2.15. The van der Waals surface area contributed by atoms with Crippen molar-refractivity contribution in [1.82, 2.24) is 4.90 Å². The van der Waals surface area contributed by atoms with Crippen LogP contribution < -0.4 is 11.1 Å². The molecule has 0 saturated carbocycles. The van der Waals surface area contributed by atoms with Crippen LogP contribution in [0.3, 0.4) is 0 Å². The molecule has 0 aliphatic rings. The molecule has 7 heteroatoms.